The van der Waals surface area contributed by atoms with Gasteiger partial charge in [0, 0.05) is 27.1 Å². The van der Waals surface area contributed by atoms with Gasteiger partial charge >= 0.3 is 0 Å². The maximum absolute atomic E-state index is 12.4. The summed E-state index contributed by atoms with van der Waals surface area (Å²) in [5, 5.41) is 8.55. The van der Waals surface area contributed by atoms with Gasteiger partial charge in [-0.25, -0.2) is 13.6 Å². The van der Waals surface area contributed by atoms with E-state index in [2.05, 4.69) is 26.2 Å². The third kappa shape index (κ3) is 3.32. The zero-order valence-electron chi connectivity index (χ0n) is 12.0. The summed E-state index contributed by atoms with van der Waals surface area (Å²) in [5.41, 5.74) is 1.69. The Morgan fingerprint density at radius 1 is 1.21 bits per heavy atom. The molecule has 3 aromatic rings. The molecule has 6 nitrogen and oxygen atoms in total. The Bertz CT molecular complexity index is 1060. The summed E-state index contributed by atoms with van der Waals surface area (Å²) in [4.78, 5) is 15.2. The van der Waals surface area contributed by atoms with Gasteiger partial charge in [-0.05, 0) is 36.4 Å². The van der Waals surface area contributed by atoms with Crippen LogP contribution in [0.2, 0.25) is 5.02 Å². The second-order valence-corrected chi connectivity index (χ2v) is 7.89. The zero-order chi connectivity index (χ0) is 17.5. The number of nitrogens with two attached hydrogens (primary N) is 1. The second-order valence-electron chi connectivity index (χ2n) is 5.04. The van der Waals surface area contributed by atoms with E-state index in [9.17, 15) is 13.2 Å². The highest BCUT2D eigenvalue weighted by Crippen LogP contribution is 2.27. The molecule has 9 heteroatoms. The van der Waals surface area contributed by atoms with Crippen LogP contribution in [-0.4, -0.2) is 19.3 Å². The lowest BCUT2D eigenvalue weighted by Gasteiger charge is -2.07. The average molecular weight is 429 g/mol. The lowest BCUT2D eigenvalue weighted by molar-refractivity contribution is 0.102. The number of fused-ring (bicyclic) bond motifs is 1. The van der Waals surface area contributed by atoms with Crippen LogP contribution in [0, 0.1) is 0 Å². The van der Waals surface area contributed by atoms with Crippen molar-refractivity contribution in [2.45, 2.75) is 4.90 Å². The van der Waals surface area contributed by atoms with Crippen molar-refractivity contribution in [2.75, 3.05) is 5.32 Å². The first-order valence-corrected chi connectivity index (χ1v) is 9.38. The Morgan fingerprint density at radius 3 is 2.62 bits per heavy atom. The van der Waals surface area contributed by atoms with Gasteiger partial charge in [-0.3, -0.25) is 4.79 Å². The predicted octanol–water partition coefficient (Wildman–Crippen LogP) is 3.48. The molecule has 0 fully saturated rings. The number of H-pyrrole nitrogens is 1. The lowest BCUT2D eigenvalue weighted by atomic mass is 10.2. The molecular formula is C15H11BrClN3O3S. The fraction of sp³-hybridized carbons (Fsp3) is 0. The Labute approximate surface area is 151 Å². The van der Waals surface area contributed by atoms with E-state index in [1.54, 1.807) is 6.20 Å². The van der Waals surface area contributed by atoms with Crippen molar-refractivity contribution in [3.63, 3.8) is 0 Å². The van der Waals surface area contributed by atoms with Crippen LogP contribution < -0.4 is 10.5 Å². The summed E-state index contributed by atoms with van der Waals surface area (Å²) >= 11 is 9.28. The molecule has 0 unspecified atom stereocenters. The molecule has 4 N–H and O–H groups in total. The van der Waals surface area contributed by atoms with E-state index in [4.69, 9.17) is 16.7 Å². The Balaban J connectivity index is 1.91. The minimum Gasteiger partial charge on any atom is -0.359 e. The van der Waals surface area contributed by atoms with Crippen molar-refractivity contribution >= 4 is 60.1 Å². The molecule has 0 aliphatic carbocycles. The van der Waals surface area contributed by atoms with E-state index in [-0.39, 0.29) is 15.5 Å². The molecule has 1 aromatic heterocycles. The second kappa shape index (κ2) is 6.21. The summed E-state index contributed by atoms with van der Waals surface area (Å²) in [6.45, 7) is 0. The summed E-state index contributed by atoms with van der Waals surface area (Å²) in [5.74, 6) is -0.415. The predicted molar refractivity (Wildman–Crippen MR) is 96.8 cm³/mol. The van der Waals surface area contributed by atoms with E-state index < -0.39 is 15.9 Å². The minimum atomic E-state index is -3.93. The average Bonchev–Trinajstić information content (AvgIpc) is 2.87. The third-order valence-corrected chi connectivity index (χ3v) is 5.28. The van der Waals surface area contributed by atoms with Crippen molar-refractivity contribution < 1.29 is 13.2 Å². The van der Waals surface area contributed by atoms with Gasteiger partial charge in [-0.15, -0.1) is 0 Å². The fourth-order valence-corrected chi connectivity index (χ4v) is 3.72. The number of hydrogen-bond acceptors (Lipinski definition) is 3. The molecule has 124 valence electrons. The monoisotopic (exact) mass is 427 g/mol. The molecule has 0 radical (unpaired) electrons. The quantitative estimate of drug-likeness (QED) is 0.594. The molecule has 1 heterocycles. The van der Waals surface area contributed by atoms with Crippen LogP contribution >= 0.6 is 27.5 Å². The molecule has 24 heavy (non-hydrogen) atoms. The minimum absolute atomic E-state index is 0.104. The highest BCUT2D eigenvalue weighted by atomic mass is 79.9. The standard InChI is InChI=1S/C15H11BrClN3O3S/c16-9-2-3-10-12(6-9)19-7-13(10)20-15(21)8-1-4-14(11(17)5-8)24(18,22)23/h1-7,19H,(H,20,21)(H2,18,22,23). The van der Waals surface area contributed by atoms with Gasteiger partial charge in [0.25, 0.3) is 5.91 Å². The first kappa shape index (κ1) is 17.0. The Morgan fingerprint density at radius 2 is 1.96 bits per heavy atom. The molecule has 0 saturated carbocycles. The molecular weight excluding hydrogens is 418 g/mol. The summed E-state index contributed by atoms with van der Waals surface area (Å²) in [7, 11) is -3.93. The maximum Gasteiger partial charge on any atom is 0.255 e. The van der Waals surface area contributed by atoms with Crippen LogP contribution in [0.25, 0.3) is 10.9 Å². The molecule has 0 bridgehead atoms. The van der Waals surface area contributed by atoms with Gasteiger partial charge in [0.2, 0.25) is 10.0 Å². The van der Waals surface area contributed by atoms with Gasteiger partial charge in [0.15, 0.2) is 0 Å². The molecule has 3 rings (SSSR count). The number of carbonyl (C=O) groups excluding carboxylic acids is 1. The number of primary sulfonamides is 1. The van der Waals surface area contributed by atoms with E-state index in [1.807, 2.05) is 18.2 Å². The number of halogens is 2. The fourth-order valence-electron chi connectivity index (χ4n) is 2.27. The number of hydrogen-bond donors (Lipinski definition) is 3. The van der Waals surface area contributed by atoms with E-state index >= 15 is 0 Å². The Kier molecular flexibility index (Phi) is 4.39. The molecule has 0 saturated heterocycles. The van der Waals surface area contributed by atoms with Crippen molar-refractivity contribution in [3.8, 4) is 0 Å². The topological polar surface area (TPSA) is 105 Å². The van der Waals surface area contributed by atoms with Crippen LogP contribution in [0.3, 0.4) is 0 Å². The van der Waals surface area contributed by atoms with E-state index in [1.165, 1.54) is 18.2 Å². The van der Waals surface area contributed by atoms with Gasteiger partial charge in [0.1, 0.15) is 4.90 Å². The lowest BCUT2D eigenvalue weighted by Crippen LogP contribution is -2.15. The number of anilines is 1. The third-order valence-electron chi connectivity index (χ3n) is 3.39. The molecule has 2 aromatic carbocycles. The first-order valence-electron chi connectivity index (χ1n) is 6.66. The SMILES string of the molecule is NS(=O)(=O)c1ccc(C(=O)Nc2c[nH]c3cc(Br)ccc23)cc1Cl. The number of carbonyl (C=O) groups is 1. The molecule has 0 atom stereocenters. The van der Waals surface area contributed by atoms with E-state index in [0.717, 1.165) is 15.4 Å². The van der Waals surface area contributed by atoms with Crippen molar-refractivity contribution in [3.05, 3.63) is 57.7 Å². The summed E-state index contributed by atoms with van der Waals surface area (Å²) in [6, 6.07) is 9.45. The number of rotatable bonds is 3. The highest BCUT2D eigenvalue weighted by Gasteiger charge is 2.16. The maximum atomic E-state index is 12.4. The Hall–Kier alpha value is -1.87. The number of amides is 1. The van der Waals surface area contributed by atoms with Crippen LogP contribution in [-0.2, 0) is 10.0 Å². The van der Waals surface area contributed by atoms with Gasteiger partial charge in [-0.1, -0.05) is 27.5 Å². The van der Waals surface area contributed by atoms with Crippen molar-refractivity contribution in [2.24, 2.45) is 5.14 Å². The number of sulfonamides is 1. The van der Waals surface area contributed by atoms with Crippen molar-refractivity contribution in [1.82, 2.24) is 4.98 Å². The van der Waals surface area contributed by atoms with Crippen LogP contribution in [0.5, 0.6) is 0 Å². The van der Waals surface area contributed by atoms with Crippen LogP contribution in [0.1, 0.15) is 10.4 Å². The number of benzene rings is 2. The van der Waals surface area contributed by atoms with E-state index in [0.29, 0.717) is 5.69 Å². The molecule has 0 aliphatic heterocycles. The largest absolute Gasteiger partial charge is 0.359 e. The van der Waals surface area contributed by atoms with Gasteiger partial charge in [0.05, 0.1) is 10.7 Å². The van der Waals surface area contributed by atoms with Gasteiger partial charge in [-0.2, -0.15) is 0 Å². The molecule has 0 aliphatic rings. The first-order chi connectivity index (χ1) is 11.3. The smallest absolute Gasteiger partial charge is 0.255 e. The van der Waals surface area contributed by atoms with Crippen LogP contribution in [0.15, 0.2) is 52.0 Å². The molecule has 0 spiro atoms. The van der Waals surface area contributed by atoms with Gasteiger partial charge < -0.3 is 10.3 Å². The summed E-state index contributed by atoms with van der Waals surface area (Å²) < 4.78 is 23.6. The normalized spacial score (nSPS) is 11.6. The summed E-state index contributed by atoms with van der Waals surface area (Å²) in [6.07, 6.45) is 1.68. The van der Waals surface area contributed by atoms with Crippen LogP contribution in [0.4, 0.5) is 5.69 Å². The number of nitrogens with one attached hydrogen (secondary N) is 2. The van der Waals surface area contributed by atoms with Crippen molar-refractivity contribution in [1.29, 1.82) is 0 Å². The number of aromatic amines is 1. The number of aromatic nitrogens is 1. The molecule has 1 amide bonds. The zero-order valence-corrected chi connectivity index (χ0v) is 15.2. The highest BCUT2D eigenvalue weighted by molar-refractivity contribution is 9.10.